The Kier molecular flexibility index (Phi) is 9.53. The van der Waals surface area contributed by atoms with Gasteiger partial charge >= 0.3 is 5.97 Å². The molecule has 3 heterocycles. The number of aliphatic carboxylic acids is 1. The number of carboxylic acid groups (broad SMARTS) is 1. The van der Waals surface area contributed by atoms with Crippen LogP contribution in [0, 0.1) is 0 Å². The van der Waals surface area contributed by atoms with E-state index in [9.17, 15) is 4.79 Å². The largest absolute Gasteiger partial charge is 0.494 e. The van der Waals surface area contributed by atoms with Gasteiger partial charge in [0.25, 0.3) is 0 Å². The number of hydrogen-bond acceptors (Lipinski definition) is 7. The number of benzene rings is 1. The smallest absolute Gasteiger partial charge is 0.303 e. The van der Waals surface area contributed by atoms with Crippen molar-refractivity contribution in [3.8, 4) is 5.75 Å². The molecule has 1 unspecified atom stereocenters. The van der Waals surface area contributed by atoms with Crippen LogP contribution >= 0.6 is 0 Å². The highest BCUT2D eigenvalue weighted by molar-refractivity contribution is 5.88. The molecular weight excluding hydrogens is 494 g/mol. The van der Waals surface area contributed by atoms with Gasteiger partial charge in [-0.05, 0) is 69.2 Å². The molecule has 2 fully saturated rings. The minimum atomic E-state index is -0.726. The number of aromatic nitrogens is 3. The number of hydrogen-bond donors (Lipinski definition) is 3. The Balaban J connectivity index is 1.25. The maximum absolute atomic E-state index is 10.6. The van der Waals surface area contributed by atoms with Crippen LogP contribution in [0.3, 0.4) is 0 Å². The standard InChI is InChI=1S/C30H41N5O4/c36-28(37)13-6-1-2-8-18-38-24-16-14-23(15-17-24)33-26-20-25(32-22-10-4-3-5-11-22)29-30(34-26)35(21-31-29)27-12-7-9-19-39-27/h14-17,20-22,27H,1-13,18-19H2,(H,36,37)(H2,32,33,34). The highest BCUT2D eigenvalue weighted by Gasteiger charge is 2.22. The number of carbonyl (C=O) groups is 1. The second kappa shape index (κ2) is 13.6. The van der Waals surface area contributed by atoms with Crippen LogP contribution in [0.5, 0.6) is 5.75 Å². The van der Waals surface area contributed by atoms with E-state index in [0.29, 0.717) is 12.6 Å². The molecular formula is C30H41N5O4. The van der Waals surface area contributed by atoms with E-state index in [1.807, 2.05) is 30.6 Å². The third-order valence-electron chi connectivity index (χ3n) is 7.64. The first-order chi connectivity index (χ1) is 19.2. The molecule has 2 aromatic heterocycles. The molecule has 1 saturated carbocycles. The quantitative estimate of drug-likeness (QED) is 0.200. The summed E-state index contributed by atoms with van der Waals surface area (Å²) in [4.78, 5) is 20.3. The Morgan fingerprint density at radius 1 is 1.03 bits per heavy atom. The average molecular weight is 536 g/mol. The lowest BCUT2D eigenvalue weighted by Crippen LogP contribution is -2.22. The third kappa shape index (κ3) is 7.62. The number of nitrogens with zero attached hydrogens (tertiary/aromatic N) is 3. The normalized spacial score (nSPS) is 18.2. The molecule has 39 heavy (non-hydrogen) atoms. The van der Waals surface area contributed by atoms with Gasteiger partial charge in [0.05, 0.1) is 18.6 Å². The van der Waals surface area contributed by atoms with E-state index in [4.69, 9.17) is 24.5 Å². The molecule has 0 bridgehead atoms. The van der Waals surface area contributed by atoms with E-state index in [-0.39, 0.29) is 12.6 Å². The topological polar surface area (TPSA) is 111 Å². The Bertz CT molecular complexity index is 1200. The molecule has 9 heteroatoms. The van der Waals surface area contributed by atoms with E-state index in [1.165, 1.54) is 32.1 Å². The summed E-state index contributed by atoms with van der Waals surface area (Å²) in [6.45, 7) is 1.40. The number of ether oxygens (including phenoxy) is 2. The predicted octanol–water partition coefficient (Wildman–Crippen LogP) is 7.03. The number of anilines is 3. The first kappa shape index (κ1) is 27.2. The monoisotopic (exact) mass is 535 g/mol. The first-order valence-corrected chi connectivity index (χ1v) is 14.6. The summed E-state index contributed by atoms with van der Waals surface area (Å²) < 4.78 is 14.0. The van der Waals surface area contributed by atoms with Crippen LogP contribution < -0.4 is 15.4 Å². The maximum Gasteiger partial charge on any atom is 0.303 e. The van der Waals surface area contributed by atoms with Crippen molar-refractivity contribution in [2.75, 3.05) is 23.8 Å². The van der Waals surface area contributed by atoms with Gasteiger partial charge in [0, 0.05) is 30.8 Å². The minimum absolute atomic E-state index is 0.0253. The van der Waals surface area contributed by atoms with Crippen molar-refractivity contribution >= 4 is 34.3 Å². The summed E-state index contributed by atoms with van der Waals surface area (Å²) in [5.41, 5.74) is 3.69. The minimum Gasteiger partial charge on any atom is -0.494 e. The van der Waals surface area contributed by atoms with Crippen LogP contribution in [-0.4, -0.2) is 44.9 Å². The summed E-state index contributed by atoms with van der Waals surface area (Å²) in [6.07, 6.45) is 15.1. The number of carboxylic acids is 1. The number of pyridine rings is 1. The number of imidazole rings is 1. The molecule has 0 radical (unpaired) electrons. The third-order valence-corrected chi connectivity index (χ3v) is 7.64. The fourth-order valence-electron chi connectivity index (χ4n) is 5.51. The van der Waals surface area contributed by atoms with E-state index < -0.39 is 5.97 Å². The molecule has 1 aliphatic carbocycles. The lowest BCUT2D eigenvalue weighted by molar-refractivity contribution is -0.137. The van der Waals surface area contributed by atoms with Gasteiger partial charge in [0.15, 0.2) is 5.65 Å². The van der Waals surface area contributed by atoms with Crippen LogP contribution in [0.2, 0.25) is 0 Å². The summed E-state index contributed by atoms with van der Waals surface area (Å²) in [5.74, 6) is 0.866. The molecule has 1 aliphatic heterocycles. The highest BCUT2D eigenvalue weighted by atomic mass is 16.5. The number of rotatable bonds is 13. The van der Waals surface area contributed by atoms with E-state index >= 15 is 0 Å². The molecule has 1 saturated heterocycles. The predicted molar refractivity (Wildman–Crippen MR) is 153 cm³/mol. The summed E-state index contributed by atoms with van der Waals surface area (Å²) in [7, 11) is 0. The van der Waals surface area contributed by atoms with E-state index in [2.05, 4.69) is 21.3 Å². The van der Waals surface area contributed by atoms with Gasteiger partial charge in [-0.2, -0.15) is 0 Å². The van der Waals surface area contributed by atoms with E-state index in [0.717, 1.165) is 85.7 Å². The summed E-state index contributed by atoms with van der Waals surface area (Å²) >= 11 is 0. The fourth-order valence-corrected chi connectivity index (χ4v) is 5.51. The van der Waals surface area contributed by atoms with Crippen molar-refractivity contribution in [1.29, 1.82) is 0 Å². The Morgan fingerprint density at radius 2 is 1.82 bits per heavy atom. The molecule has 3 N–H and O–H groups in total. The SMILES string of the molecule is O=C(O)CCCCCCOc1ccc(Nc2cc(NC3CCCCC3)c3ncn(C4CCCCO4)c3n2)cc1. The van der Waals surface area contributed by atoms with Crippen LogP contribution in [-0.2, 0) is 9.53 Å². The molecule has 1 atom stereocenters. The zero-order chi connectivity index (χ0) is 26.9. The molecule has 0 spiro atoms. The Hall–Kier alpha value is -3.33. The van der Waals surface area contributed by atoms with Gasteiger partial charge in [0.2, 0.25) is 0 Å². The average Bonchev–Trinajstić information content (AvgIpc) is 3.39. The van der Waals surface area contributed by atoms with Gasteiger partial charge in [-0.3, -0.25) is 9.36 Å². The highest BCUT2D eigenvalue weighted by Crippen LogP contribution is 2.33. The van der Waals surface area contributed by atoms with Crippen molar-refractivity contribution in [2.45, 2.75) is 95.7 Å². The molecule has 5 rings (SSSR count). The maximum atomic E-state index is 10.6. The zero-order valence-corrected chi connectivity index (χ0v) is 22.7. The number of nitrogens with one attached hydrogen (secondary N) is 2. The van der Waals surface area contributed by atoms with Gasteiger partial charge in [-0.1, -0.05) is 32.1 Å². The lowest BCUT2D eigenvalue weighted by atomic mass is 9.95. The second-order valence-corrected chi connectivity index (χ2v) is 10.7. The molecule has 3 aromatic rings. The Labute approximate surface area is 230 Å². The molecule has 2 aliphatic rings. The van der Waals surface area contributed by atoms with Crippen LogP contribution in [0.25, 0.3) is 11.2 Å². The summed E-state index contributed by atoms with van der Waals surface area (Å²) in [5, 5.41) is 16.0. The Morgan fingerprint density at radius 3 is 2.59 bits per heavy atom. The van der Waals surface area contributed by atoms with Crippen LogP contribution in [0.1, 0.15) is 89.7 Å². The molecule has 0 amide bonds. The van der Waals surface area contributed by atoms with Crippen molar-refractivity contribution in [2.24, 2.45) is 0 Å². The zero-order valence-electron chi connectivity index (χ0n) is 22.7. The van der Waals surface area contributed by atoms with Crippen molar-refractivity contribution in [1.82, 2.24) is 14.5 Å². The van der Waals surface area contributed by atoms with Crippen molar-refractivity contribution in [3.05, 3.63) is 36.7 Å². The lowest BCUT2D eigenvalue weighted by Gasteiger charge is -2.25. The molecule has 210 valence electrons. The number of fused-ring (bicyclic) bond motifs is 1. The molecule has 1 aromatic carbocycles. The van der Waals surface area contributed by atoms with Crippen LogP contribution in [0.4, 0.5) is 17.2 Å². The van der Waals surface area contributed by atoms with Crippen molar-refractivity contribution < 1.29 is 19.4 Å². The fraction of sp³-hybridized carbons (Fsp3) is 0.567. The van der Waals surface area contributed by atoms with Crippen LogP contribution in [0.15, 0.2) is 36.7 Å². The molecule has 9 nitrogen and oxygen atoms in total. The van der Waals surface area contributed by atoms with Crippen molar-refractivity contribution in [3.63, 3.8) is 0 Å². The van der Waals surface area contributed by atoms with Gasteiger partial charge < -0.3 is 25.2 Å². The van der Waals surface area contributed by atoms with Gasteiger partial charge in [-0.25, -0.2) is 9.97 Å². The van der Waals surface area contributed by atoms with E-state index in [1.54, 1.807) is 0 Å². The summed E-state index contributed by atoms with van der Waals surface area (Å²) in [6, 6.07) is 10.5. The van der Waals surface area contributed by atoms with Gasteiger partial charge in [-0.15, -0.1) is 0 Å². The first-order valence-electron chi connectivity index (χ1n) is 14.6. The number of unbranched alkanes of at least 4 members (excludes halogenated alkanes) is 3. The van der Waals surface area contributed by atoms with Gasteiger partial charge in [0.1, 0.15) is 23.3 Å². The second-order valence-electron chi connectivity index (χ2n) is 10.7.